The Kier molecular flexibility index (Phi) is 4.91. The van der Waals surface area contributed by atoms with Crippen LogP contribution in [0, 0.1) is 0 Å². The van der Waals surface area contributed by atoms with Crippen LogP contribution in [0.4, 0.5) is 10.5 Å². The van der Waals surface area contributed by atoms with Gasteiger partial charge < -0.3 is 10.4 Å². The zero-order valence-corrected chi connectivity index (χ0v) is 13.6. The maximum Gasteiger partial charge on any atom is 0.340 e. The Hall–Kier alpha value is -1.11. The second-order valence-corrected chi connectivity index (χ2v) is 6.78. The van der Waals surface area contributed by atoms with Gasteiger partial charge in [-0.2, -0.15) is 0 Å². The molecule has 1 unspecified atom stereocenters. The molecule has 21 heavy (non-hydrogen) atoms. The summed E-state index contributed by atoms with van der Waals surface area (Å²) in [5.74, 6) is -0.420. The number of halogens is 2. The Labute approximate surface area is 136 Å². The number of nitrogens with one attached hydrogen (secondary N) is 1. The van der Waals surface area contributed by atoms with Gasteiger partial charge >= 0.3 is 12.0 Å². The van der Waals surface area contributed by atoms with Gasteiger partial charge in [0.2, 0.25) is 0 Å². The van der Waals surface area contributed by atoms with Crippen molar-refractivity contribution in [3.63, 3.8) is 0 Å². The van der Waals surface area contributed by atoms with Crippen molar-refractivity contribution in [1.29, 1.82) is 0 Å². The van der Waals surface area contributed by atoms with E-state index in [-0.39, 0.29) is 0 Å². The molecule has 2 N–H and O–H groups in total. The molecule has 5 nitrogen and oxygen atoms in total. The number of hydrogen-bond acceptors (Lipinski definition) is 3. The minimum atomic E-state index is -1.22. The predicted molar refractivity (Wildman–Crippen MR) is 85.3 cm³/mol. The van der Waals surface area contributed by atoms with Crippen molar-refractivity contribution in [2.75, 3.05) is 17.6 Å². The van der Waals surface area contributed by atoms with Crippen LogP contribution in [0.3, 0.4) is 0 Å². The van der Waals surface area contributed by atoms with Gasteiger partial charge in [0.15, 0.2) is 4.87 Å². The number of amides is 2. The summed E-state index contributed by atoms with van der Waals surface area (Å²) in [6, 6.07) is 4.20. The van der Waals surface area contributed by atoms with E-state index < -0.39 is 16.9 Å². The van der Waals surface area contributed by atoms with Crippen molar-refractivity contribution in [2.45, 2.75) is 18.2 Å². The Morgan fingerprint density at radius 2 is 2.00 bits per heavy atom. The number of hydrogen-bond donors (Lipinski definition) is 2. The summed E-state index contributed by atoms with van der Waals surface area (Å²) in [6.45, 7) is 2.13. The van der Waals surface area contributed by atoms with Crippen LogP contribution in [0.5, 0.6) is 0 Å². The van der Waals surface area contributed by atoms with Crippen molar-refractivity contribution < 1.29 is 14.7 Å². The molecule has 1 aliphatic rings. The molecule has 1 aromatic rings. The Balaban J connectivity index is 2.21. The zero-order chi connectivity index (χ0) is 15.6. The number of nitrogens with zero attached hydrogens (tertiary/aromatic N) is 1. The molecule has 1 atom stereocenters. The van der Waals surface area contributed by atoms with Gasteiger partial charge in [0.05, 0.1) is 0 Å². The number of carbonyl (C=O) groups excluding carboxylic acids is 1. The molecule has 114 valence electrons. The number of carbonyl (C=O) groups is 2. The normalized spacial score (nSPS) is 21.4. The van der Waals surface area contributed by atoms with Gasteiger partial charge in [-0.05, 0) is 24.6 Å². The average Bonchev–Trinajstić information content (AvgIpc) is 2.82. The van der Waals surface area contributed by atoms with Crippen LogP contribution in [-0.2, 0) is 4.79 Å². The fourth-order valence-corrected chi connectivity index (χ4v) is 4.06. The minimum Gasteiger partial charge on any atom is -0.479 e. The second kappa shape index (κ2) is 6.34. The molecule has 1 aliphatic heterocycles. The van der Waals surface area contributed by atoms with E-state index in [1.807, 2.05) is 0 Å². The third-order valence-electron chi connectivity index (χ3n) is 3.26. The highest BCUT2D eigenvalue weighted by molar-refractivity contribution is 8.01. The second-order valence-electron chi connectivity index (χ2n) is 4.53. The van der Waals surface area contributed by atoms with E-state index >= 15 is 0 Å². The van der Waals surface area contributed by atoms with Crippen LogP contribution in [0.15, 0.2) is 18.2 Å². The van der Waals surface area contributed by atoms with Gasteiger partial charge in [-0.25, -0.2) is 9.59 Å². The molecular formula is C13H14Cl2N2O3S. The number of carboxylic acid groups (broad SMARTS) is 1. The Bertz CT molecular complexity index is 564. The van der Waals surface area contributed by atoms with Crippen molar-refractivity contribution in [3.8, 4) is 0 Å². The molecule has 1 aromatic carbocycles. The fraction of sp³-hybridized carbons (Fsp3) is 0.385. The summed E-state index contributed by atoms with van der Waals surface area (Å²) in [7, 11) is 0. The van der Waals surface area contributed by atoms with Crippen molar-refractivity contribution in [1.82, 2.24) is 4.90 Å². The van der Waals surface area contributed by atoms with Crippen LogP contribution >= 0.6 is 35.0 Å². The third kappa shape index (κ3) is 3.22. The van der Waals surface area contributed by atoms with Gasteiger partial charge in [-0.15, -0.1) is 11.8 Å². The lowest BCUT2D eigenvalue weighted by Gasteiger charge is -2.32. The molecule has 0 spiro atoms. The smallest absolute Gasteiger partial charge is 0.340 e. The lowest BCUT2D eigenvalue weighted by molar-refractivity contribution is -0.143. The lowest BCUT2D eigenvalue weighted by atomic mass is 10.2. The van der Waals surface area contributed by atoms with Crippen LogP contribution in [0.25, 0.3) is 0 Å². The zero-order valence-electron chi connectivity index (χ0n) is 11.2. The molecule has 2 amide bonds. The molecule has 1 fully saturated rings. The third-order valence-corrected chi connectivity index (χ3v) is 5.25. The number of benzene rings is 1. The maximum atomic E-state index is 12.4. The molecule has 8 heteroatoms. The van der Waals surface area contributed by atoms with Crippen LogP contribution < -0.4 is 5.32 Å². The Morgan fingerprint density at radius 1 is 1.38 bits per heavy atom. The topological polar surface area (TPSA) is 69.6 Å². The maximum absolute atomic E-state index is 12.4. The average molecular weight is 349 g/mol. The van der Waals surface area contributed by atoms with E-state index in [1.54, 1.807) is 25.1 Å². The van der Waals surface area contributed by atoms with Crippen LogP contribution in [-0.4, -0.2) is 39.2 Å². The van der Waals surface area contributed by atoms with E-state index in [2.05, 4.69) is 5.32 Å². The molecule has 1 heterocycles. The summed E-state index contributed by atoms with van der Waals surface area (Å²) in [5, 5.41) is 12.9. The van der Waals surface area contributed by atoms with E-state index in [0.29, 0.717) is 34.5 Å². The number of rotatable bonds is 3. The SMILES string of the molecule is CCC1(C(=O)O)SCCN1C(=O)Nc1cc(Cl)cc(Cl)c1. The molecule has 0 bridgehead atoms. The predicted octanol–water partition coefficient (Wildman–Crippen LogP) is 3.77. The first-order chi connectivity index (χ1) is 9.89. The highest BCUT2D eigenvalue weighted by Gasteiger charge is 2.49. The molecule has 1 saturated heterocycles. The number of anilines is 1. The summed E-state index contributed by atoms with van der Waals surface area (Å²) in [5.41, 5.74) is 0.435. The molecule has 0 saturated carbocycles. The van der Waals surface area contributed by atoms with E-state index in [0.717, 1.165) is 0 Å². The largest absolute Gasteiger partial charge is 0.479 e. The first-order valence-electron chi connectivity index (χ1n) is 6.31. The van der Waals surface area contributed by atoms with E-state index in [9.17, 15) is 14.7 Å². The summed E-state index contributed by atoms with van der Waals surface area (Å²) in [6.07, 6.45) is 0.330. The number of urea groups is 1. The van der Waals surface area contributed by atoms with Gasteiger partial charge in [-0.3, -0.25) is 4.90 Å². The molecule has 0 aromatic heterocycles. The monoisotopic (exact) mass is 348 g/mol. The first-order valence-corrected chi connectivity index (χ1v) is 8.05. The van der Waals surface area contributed by atoms with Crippen molar-refractivity contribution in [3.05, 3.63) is 28.2 Å². The van der Waals surface area contributed by atoms with Gasteiger partial charge in [-0.1, -0.05) is 30.1 Å². The van der Waals surface area contributed by atoms with Crippen molar-refractivity contribution >= 4 is 52.7 Å². The number of carboxylic acids is 1. The van der Waals surface area contributed by atoms with Gasteiger partial charge in [0.25, 0.3) is 0 Å². The minimum absolute atomic E-state index is 0.330. The summed E-state index contributed by atoms with van der Waals surface area (Å²) >= 11 is 13.0. The fourth-order valence-electron chi connectivity index (χ4n) is 2.27. The van der Waals surface area contributed by atoms with Crippen LogP contribution in [0.1, 0.15) is 13.3 Å². The van der Waals surface area contributed by atoms with Crippen LogP contribution in [0.2, 0.25) is 10.0 Å². The number of aliphatic carboxylic acids is 1. The first kappa shape index (κ1) is 16.3. The summed E-state index contributed by atoms with van der Waals surface area (Å²) < 4.78 is 0. The van der Waals surface area contributed by atoms with E-state index in [4.69, 9.17) is 23.2 Å². The Morgan fingerprint density at radius 3 is 2.52 bits per heavy atom. The highest BCUT2D eigenvalue weighted by Crippen LogP contribution is 2.39. The standard InChI is InChI=1S/C13H14Cl2N2O3S/c1-2-13(11(18)19)17(3-4-21-13)12(20)16-10-6-8(14)5-9(15)7-10/h5-7H,2-4H2,1H3,(H,16,20)(H,18,19). The van der Waals surface area contributed by atoms with E-state index in [1.165, 1.54) is 16.7 Å². The molecular weight excluding hydrogens is 335 g/mol. The van der Waals surface area contributed by atoms with Crippen molar-refractivity contribution in [2.24, 2.45) is 0 Å². The van der Waals surface area contributed by atoms with Gasteiger partial charge in [0.1, 0.15) is 0 Å². The molecule has 0 aliphatic carbocycles. The highest BCUT2D eigenvalue weighted by atomic mass is 35.5. The molecule has 0 radical (unpaired) electrons. The quantitative estimate of drug-likeness (QED) is 0.872. The van der Waals surface area contributed by atoms with Gasteiger partial charge in [0, 0.05) is 28.0 Å². The molecule has 2 rings (SSSR count). The lowest BCUT2D eigenvalue weighted by Crippen LogP contribution is -2.52. The summed E-state index contributed by atoms with van der Waals surface area (Å²) in [4.78, 5) is 24.0. The number of thioether (sulfide) groups is 1.